The van der Waals surface area contributed by atoms with Crippen LogP contribution in [0.15, 0.2) is 4.42 Å². The molecule has 1 saturated heterocycles. The number of nitrogens with one attached hydrogen (secondary N) is 2. The summed E-state index contributed by atoms with van der Waals surface area (Å²) in [5.74, 6) is 0.676. The number of carbonyl (C=O) groups is 1. The lowest BCUT2D eigenvalue weighted by atomic mass is 10.1. The number of carbonyl (C=O) groups excluding carboxylic acids is 1. The van der Waals surface area contributed by atoms with Gasteiger partial charge in [-0.2, -0.15) is 0 Å². The quantitative estimate of drug-likeness (QED) is 0.740. The predicted octanol–water partition coefficient (Wildman–Crippen LogP) is 0.499. The molecule has 1 amide bonds. The average Bonchev–Trinajstić information content (AvgIpc) is 2.69. The predicted molar refractivity (Wildman–Crippen MR) is 53.5 cm³/mol. The van der Waals surface area contributed by atoms with E-state index in [0.717, 1.165) is 6.42 Å². The molecule has 2 heterocycles. The monoisotopic (exact) mass is 230 g/mol. The molecule has 1 aliphatic heterocycles. The van der Waals surface area contributed by atoms with E-state index in [2.05, 4.69) is 20.8 Å². The second-order valence-electron chi connectivity index (χ2n) is 3.32. The number of halogens is 1. The molecule has 0 bridgehead atoms. The van der Waals surface area contributed by atoms with Crippen LogP contribution in [0.1, 0.15) is 18.7 Å². The van der Waals surface area contributed by atoms with Crippen LogP contribution in [0.4, 0.5) is 6.01 Å². The first-order valence-electron chi connectivity index (χ1n) is 4.69. The molecule has 1 aromatic heterocycles. The Morgan fingerprint density at radius 3 is 3.07 bits per heavy atom. The number of anilines is 1. The van der Waals surface area contributed by atoms with Gasteiger partial charge in [-0.1, -0.05) is 5.10 Å². The molecule has 1 unspecified atom stereocenters. The third-order valence-corrected chi connectivity index (χ3v) is 2.40. The zero-order chi connectivity index (χ0) is 10.7. The molecule has 1 atom stereocenters. The van der Waals surface area contributed by atoms with Crippen LogP contribution in [-0.4, -0.2) is 28.7 Å². The minimum Gasteiger partial charge on any atom is -0.407 e. The zero-order valence-corrected chi connectivity index (χ0v) is 8.75. The summed E-state index contributed by atoms with van der Waals surface area (Å²) in [6.45, 7) is 0.581. The highest BCUT2D eigenvalue weighted by Gasteiger charge is 2.19. The van der Waals surface area contributed by atoms with Crippen molar-refractivity contribution >= 4 is 23.5 Å². The first-order chi connectivity index (χ1) is 7.28. The Morgan fingerprint density at radius 1 is 1.60 bits per heavy atom. The van der Waals surface area contributed by atoms with Gasteiger partial charge in [0.05, 0.1) is 0 Å². The van der Waals surface area contributed by atoms with Gasteiger partial charge in [0, 0.05) is 19.0 Å². The van der Waals surface area contributed by atoms with Gasteiger partial charge < -0.3 is 15.1 Å². The van der Waals surface area contributed by atoms with Gasteiger partial charge in [0.25, 0.3) is 0 Å². The van der Waals surface area contributed by atoms with Gasteiger partial charge in [-0.25, -0.2) is 0 Å². The Hall–Kier alpha value is -1.30. The molecule has 2 rings (SSSR count). The summed E-state index contributed by atoms with van der Waals surface area (Å²) < 4.78 is 5.18. The smallest absolute Gasteiger partial charge is 0.315 e. The number of rotatable bonds is 3. The minimum atomic E-state index is 0.0834. The van der Waals surface area contributed by atoms with E-state index in [1.165, 1.54) is 0 Å². The van der Waals surface area contributed by atoms with E-state index in [-0.39, 0.29) is 17.8 Å². The highest BCUT2D eigenvalue weighted by Crippen LogP contribution is 2.12. The van der Waals surface area contributed by atoms with Crippen molar-refractivity contribution in [1.82, 2.24) is 15.5 Å². The highest BCUT2D eigenvalue weighted by atomic mass is 35.5. The van der Waals surface area contributed by atoms with Crippen LogP contribution >= 0.6 is 11.6 Å². The van der Waals surface area contributed by atoms with Gasteiger partial charge in [0.2, 0.25) is 11.8 Å². The van der Waals surface area contributed by atoms with Crippen LogP contribution in [0.5, 0.6) is 0 Å². The van der Waals surface area contributed by atoms with Crippen LogP contribution in [0, 0.1) is 0 Å². The Balaban J connectivity index is 1.88. The van der Waals surface area contributed by atoms with Crippen molar-refractivity contribution < 1.29 is 9.21 Å². The molecule has 0 aromatic carbocycles. The number of alkyl halides is 1. The van der Waals surface area contributed by atoms with E-state index in [0.29, 0.717) is 24.9 Å². The summed E-state index contributed by atoms with van der Waals surface area (Å²) in [7, 11) is 0. The van der Waals surface area contributed by atoms with Crippen molar-refractivity contribution in [2.45, 2.75) is 24.8 Å². The fourth-order valence-electron chi connectivity index (χ4n) is 1.40. The maximum absolute atomic E-state index is 10.9. The third kappa shape index (κ3) is 2.59. The number of piperidine rings is 1. The Labute approximate surface area is 91.4 Å². The number of amides is 1. The molecule has 15 heavy (non-hydrogen) atoms. The van der Waals surface area contributed by atoms with E-state index in [1.54, 1.807) is 0 Å². The summed E-state index contributed by atoms with van der Waals surface area (Å²) in [6.07, 6.45) is 1.29. The van der Waals surface area contributed by atoms with E-state index in [9.17, 15) is 4.79 Å². The fraction of sp³-hybridized carbons (Fsp3) is 0.625. The zero-order valence-electron chi connectivity index (χ0n) is 7.99. The van der Waals surface area contributed by atoms with Gasteiger partial charge in [-0.05, 0) is 6.42 Å². The lowest BCUT2D eigenvalue weighted by Crippen LogP contribution is -2.41. The molecule has 0 spiro atoms. The van der Waals surface area contributed by atoms with Crippen molar-refractivity contribution in [3.63, 3.8) is 0 Å². The van der Waals surface area contributed by atoms with Crippen LogP contribution in [0.3, 0.4) is 0 Å². The van der Waals surface area contributed by atoms with Crippen LogP contribution in [-0.2, 0) is 10.7 Å². The molecule has 0 saturated carbocycles. The van der Waals surface area contributed by atoms with Gasteiger partial charge in [0.15, 0.2) is 0 Å². The third-order valence-electron chi connectivity index (χ3n) is 2.17. The van der Waals surface area contributed by atoms with Gasteiger partial charge in [0.1, 0.15) is 5.88 Å². The largest absolute Gasteiger partial charge is 0.407 e. The molecule has 0 aliphatic carbocycles. The SMILES string of the molecule is O=C1CCC(Nc2nnc(CCl)o2)CN1. The number of hydrogen-bond acceptors (Lipinski definition) is 5. The fourth-order valence-corrected chi connectivity index (χ4v) is 1.50. The van der Waals surface area contributed by atoms with Crippen molar-refractivity contribution in [3.8, 4) is 0 Å². The second kappa shape index (κ2) is 4.48. The molecule has 1 fully saturated rings. The summed E-state index contributed by atoms with van der Waals surface area (Å²) in [6, 6.07) is 0.498. The lowest BCUT2D eigenvalue weighted by molar-refractivity contribution is -0.122. The van der Waals surface area contributed by atoms with E-state index >= 15 is 0 Å². The molecular weight excluding hydrogens is 220 g/mol. The molecule has 7 heteroatoms. The molecule has 6 nitrogen and oxygen atoms in total. The van der Waals surface area contributed by atoms with Gasteiger partial charge in [-0.3, -0.25) is 4.79 Å². The number of nitrogens with zero attached hydrogens (tertiary/aromatic N) is 2. The average molecular weight is 231 g/mol. The van der Waals surface area contributed by atoms with E-state index in [1.807, 2.05) is 0 Å². The molecule has 1 aliphatic rings. The number of hydrogen-bond donors (Lipinski definition) is 2. The maximum atomic E-state index is 10.9. The van der Waals surface area contributed by atoms with Crippen LogP contribution in [0.2, 0.25) is 0 Å². The molecule has 0 radical (unpaired) electrons. The maximum Gasteiger partial charge on any atom is 0.315 e. The van der Waals surface area contributed by atoms with Crippen LogP contribution in [0.25, 0.3) is 0 Å². The van der Waals surface area contributed by atoms with Crippen molar-refractivity contribution in [2.24, 2.45) is 0 Å². The molecular formula is C8H11ClN4O2. The van der Waals surface area contributed by atoms with Crippen molar-refractivity contribution in [1.29, 1.82) is 0 Å². The summed E-state index contributed by atoms with van der Waals surface area (Å²) in [4.78, 5) is 10.9. The van der Waals surface area contributed by atoms with E-state index in [4.69, 9.17) is 16.0 Å². The van der Waals surface area contributed by atoms with Crippen molar-refractivity contribution in [3.05, 3.63) is 5.89 Å². The van der Waals surface area contributed by atoms with Crippen molar-refractivity contribution in [2.75, 3.05) is 11.9 Å². The van der Waals surface area contributed by atoms with Gasteiger partial charge >= 0.3 is 6.01 Å². The first kappa shape index (κ1) is 10.2. The topological polar surface area (TPSA) is 80.1 Å². The lowest BCUT2D eigenvalue weighted by Gasteiger charge is -2.22. The normalized spacial score (nSPS) is 21.1. The minimum absolute atomic E-state index is 0.0834. The molecule has 1 aromatic rings. The van der Waals surface area contributed by atoms with E-state index < -0.39 is 0 Å². The summed E-state index contributed by atoms with van der Waals surface area (Å²) in [5, 5.41) is 13.3. The summed E-state index contributed by atoms with van der Waals surface area (Å²) in [5.41, 5.74) is 0. The standard InChI is InChI=1S/C8H11ClN4O2/c9-3-7-12-13-8(15-7)11-5-1-2-6(14)10-4-5/h5H,1-4H2,(H,10,14)(H,11,13). The molecule has 82 valence electrons. The Morgan fingerprint density at radius 2 is 2.47 bits per heavy atom. The molecule has 2 N–H and O–H groups in total. The van der Waals surface area contributed by atoms with Gasteiger partial charge in [-0.15, -0.1) is 16.7 Å². The first-order valence-corrected chi connectivity index (χ1v) is 5.23. The Bertz CT molecular complexity index is 344. The number of aromatic nitrogens is 2. The van der Waals surface area contributed by atoms with Crippen LogP contribution < -0.4 is 10.6 Å². The Kier molecular flexibility index (Phi) is 3.05. The highest BCUT2D eigenvalue weighted by molar-refractivity contribution is 6.16. The summed E-state index contributed by atoms with van der Waals surface area (Å²) >= 11 is 5.52. The second-order valence-corrected chi connectivity index (χ2v) is 3.59.